The van der Waals surface area contributed by atoms with Gasteiger partial charge in [-0.1, -0.05) is 23.8 Å². The molecule has 1 aromatic heterocycles. The van der Waals surface area contributed by atoms with E-state index in [1.807, 2.05) is 50.4 Å². The predicted molar refractivity (Wildman–Crippen MR) is 108 cm³/mol. The summed E-state index contributed by atoms with van der Waals surface area (Å²) < 4.78 is 27.8. The summed E-state index contributed by atoms with van der Waals surface area (Å²) >= 11 is 1.61. The van der Waals surface area contributed by atoms with Gasteiger partial charge in [0, 0.05) is 23.9 Å². The third-order valence-electron chi connectivity index (χ3n) is 5.04. The zero-order valence-corrected chi connectivity index (χ0v) is 17.6. The molecule has 0 saturated carbocycles. The van der Waals surface area contributed by atoms with Gasteiger partial charge in [-0.2, -0.15) is 4.31 Å². The first-order valence-corrected chi connectivity index (χ1v) is 11.5. The van der Waals surface area contributed by atoms with Crippen molar-refractivity contribution in [2.75, 3.05) is 13.1 Å². The van der Waals surface area contributed by atoms with Crippen molar-refractivity contribution in [2.45, 2.75) is 45.1 Å². The lowest BCUT2D eigenvalue weighted by Crippen LogP contribution is -2.43. The lowest BCUT2D eigenvalue weighted by Gasteiger charge is -2.31. The second-order valence-corrected chi connectivity index (χ2v) is 10.1. The second-order valence-electron chi connectivity index (χ2n) is 7.20. The molecule has 2 heterocycles. The number of sulfonamides is 1. The van der Waals surface area contributed by atoms with Gasteiger partial charge in [-0.05, 0) is 56.2 Å². The van der Waals surface area contributed by atoms with E-state index in [4.69, 9.17) is 0 Å². The highest BCUT2D eigenvalue weighted by Crippen LogP contribution is 2.28. The molecule has 1 N–H and O–H groups in total. The molecule has 7 heteroatoms. The van der Waals surface area contributed by atoms with Crippen molar-refractivity contribution >= 4 is 27.3 Å². The Balaban J connectivity index is 1.64. The number of piperidine rings is 1. The highest BCUT2D eigenvalue weighted by atomic mass is 32.2. The molecule has 0 spiro atoms. The average molecular weight is 407 g/mol. The molecule has 0 atom stereocenters. The lowest BCUT2D eigenvalue weighted by atomic mass is 9.97. The van der Waals surface area contributed by atoms with E-state index in [9.17, 15) is 13.2 Å². The molecule has 1 aromatic carbocycles. The van der Waals surface area contributed by atoms with Crippen molar-refractivity contribution in [1.29, 1.82) is 0 Å². The zero-order chi connectivity index (χ0) is 19.6. The number of nitrogens with one attached hydrogen (secondary N) is 1. The van der Waals surface area contributed by atoms with Crippen LogP contribution >= 0.6 is 11.3 Å². The van der Waals surface area contributed by atoms with Crippen molar-refractivity contribution in [2.24, 2.45) is 5.92 Å². The summed E-state index contributed by atoms with van der Waals surface area (Å²) in [5.41, 5.74) is 2.62. The minimum Gasteiger partial charge on any atom is -0.351 e. The van der Waals surface area contributed by atoms with Crippen LogP contribution in [0.4, 0.5) is 0 Å². The van der Waals surface area contributed by atoms with E-state index >= 15 is 0 Å². The standard InChI is InChI=1S/C20H26N2O3S2/c1-14-11-15(2)19(16(3)12-14)27(24,25)22-8-6-17(7-9-22)20(23)21-13-18-5-4-10-26-18/h4-5,10-12,17H,6-9,13H2,1-3H3,(H,21,23). The molecule has 0 aliphatic carbocycles. The number of nitrogens with zero attached hydrogens (tertiary/aromatic N) is 1. The maximum atomic E-state index is 13.1. The van der Waals surface area contributed by atoms with Crippen LogP contribution in [0.25, 0.3) is 0 Å². The highest BCUT2D eigenvalue weighted by Gasteiger charge is 2.33. The van der Waals surface area contributed by atoms with Crippen LogP contribution < -0.4 is 5.32 Å². The van der Waals surface area contributed by atoms with Gasteiger partial charge in [0.1, 0.15) is 0 Å². The minimum absolute atomic E-state index is 0.0168. The van der Waals surface area contributed by atoms with Gasteiger partial charge < -0.3 is 5.32 Å². The zero-order valence-electron chi connectivity index (χ0n) is 16.0. The molecule has 5 nitrogen and oxygen atoms in total. The fourth-order valence-corrected chi connectivity index (χ4v) is 6.32. The predicted octanol–water partition coefficient (Wildman–Crippen LogP) is 3.39. The monoisotopic (exact) mass is 406 g/mol. The molecule has 1 aliphatic rings. The summed E-state index contributed by atoms with van der Waals surface area (Å²) in [7, 11) is -3.53. The van der Waals surface area contributed by atoms with E-state index in [-0.39, 0.29) is 11.8 Å². The molecule has 146 valence electrons. The smallest absolute Gasteiger partial charge is 0.243 e. The normalized spacial score (nSPS) is 16.4. The maximum Gasteiger partial charge on any atom is 0.243 e. The van der Waals surface area contributed by atoms with E-state index in [0.717, 1.165) is 21.6 Å². The van der Waals surface area contributed by atoms with Gasteiger partial charge in [0.2, 0.25) is 15.9 Å². The number of carbonyl (C=O) groups is 1. The van der Waals surface area contributed by atoms with E-state index < -0.39 is 10.0 Å². The van der Waals surface area contributed by atoms with Crippen LogP contribution in [0.15, 0.2) is 34.5 Å². The minimum atomic E-state index is -3.53. The molecule has 27 heavy (non-hydrogen) atoms. The van der Waals surface area contributed by atoms with E-state index in [2.05, 4.69) is 5.32 Å². The summed E-state index contributed by atoms with van der Waals surface area (Å²) in [4.78, 5) is 13.9. The van der Waals surface area contributed by atoms with Crippen molar-refractivity contribution in [3.8, 4) is 0 Å². The van der Waals surface area contributed by atoms with Gasteiger partial charge in [0.05, 0.1) is 11.4 Å². The summed E-state index contributed by atoms with van der Waals surface area (Å²) in [6.07, 6.45) is 1.11. The third kappa shape index (κ3) is 4.42. The molecule has 0 unspecified atom stereocenters. The molecule has 0 bridgehead atoms. The summed E-state index contributed by atoms with van der Waals surface area (Å²) in [6.45, 7) is 6.96. The van der Waals surface area contributed by atoms with Crippen molar-refractivity contribution in [1.82, 2.24) is 9.62 Å². The summed E-state index contributed by atoms with van der Waals surface area (Å²) in [5.74, 6) is -0.111. The molecule has 1 saturated heterocycles. The fourth-order valence-electron chi connectivity index (χ4n) is 3.79. The number of rotatable bonds is 5. The van der Waals surface area contributed by atoms with E-state index in [0.29, 0.717) is 37.4 Å². The van der Waals surface area contributed by atoms with Crippen molar-refractivity contribution in [3.05, 3.63) is 51.2 Å². The van der Waals surface area contributed by atoms with Crippen LogP contribution in [-0.2, 0) is 21.4 Å². The molecule has 3 rings (SSSR count). The van der Waals surface area contributed by atoms with Gasteiger partial charge in [-0.3, -0.25) is 4.79 Å². The van der Waals surface area contributed by atoms with Gasteiger partial charge in [0.25, 0.3) is 0 Å². The van der Waals surface area contributed by atoms with Gasteiger partial charge in [-0.25, -0.2) is 8.42 Å². The molecular formula is C20H26N2O3S2. The summed E-state index contributed by atoms with van der Waals surface area (Å²) in [5, 5.41) is 4.95. The first-order chi connectivity index (χ1) is 12.8. The van der Waals surface area contributed by atoms with Crippen molar-refractivity contribution < 1.29 is 13.2 Å². The number of thiophene rings is 1. The number of aryl methyl sites for hydroxylation is 3. The SMILES string of the molecule is Cc1cc(C)c(S(=O)(=O)N2CCC(C(=O)NCc3cccs3)CC2)c(C)c1. The quantitative estimate of drug-likeness (QED) is 0.828. The van der Waals surface area contributed by atoms with Crippen molar-refractivity contribution in [3.63, 3.8) is 0 Å². The first-order valence-electron chi connectivity index (χ1n) is 9.17. The van der Waals surface area contributed by atoms with E-state index in [1.165, 1.54) is 4.31 Å². The Kier molecular flexibility index (Phi) is 6.03. The number of hydrogen-bond acceptors (Lipinski definition) is 4. The first kappa shape index (κ1) is 20.0. The van der Waals surface area contributed by atoms with Crippen LogP contribution in [0.1, 0.15) is 34.4 Å². The number of hydrogen-bond donors (Lipinski definition) is 1. The summed E-state index contributed by atoms with van der Waals surface area (Å²) in [6, 6.07) is 7.77. The Morgan fingerprint density at radius 1 is 1.19 bits per heavy atom. The molecule has 2 aromatic rings. The molecule has 1 aliphatic heterocycles. The number of amides is 1. The van der Waals surface area contributed by atoms with Crippen LogP contribution in [-0.4, -0.2) is 31.7 Å². The third-order valence-corrected chi connectivity index (χ3v) is 8.13. The largest absolute Gasteiger partial charge is 0.351 e. The molecule has 0 radical (unpaired) electrons. The Morgan fingerprint density at radius 2 is 1.81 bits per heavy atom. The van der Waals surface area contributed by atoms with Crippen LogP contribution in [0, 0.1) is 26.7 Å². The van der Waals surface area contributed by atoms with Gasteiger partial charge in [-0.15, -0.1) is 11.3 Å². The molecule has 1 fully saturated rings. The number of benzene rings is 1. The van der Waals surface area contributed by atoms with Crippen LogP contribution in [0.3, 0.4) is 0 Å². The van der Waals surface area contributed by atoms with Crippen LogP contribution in [0.2, 0.25) is 0 Å². The second kappa shape index (κ2) is 8.12. The van der Waals surface area contributed by atoms with E-state index in [1.54, 1.807) is 11.3 Å². The average Bonchev–Trinajstić information content (AvgIpc) is 3.12. The Morgan fingerprint density at radius 3 is 2.37 bits per heavy atom. The Hall–Kier alpha value is -1.70. The molecular weight excluding hydrogens is 380 g/mol. The fraction of sp³-hybridized carbons (Fsp3) is 0.450. The lowest BCUT2D eigenvalue weighted by molar-refractivity contribution is -0.126. The van der Waals surface area contributed by atoms with Crippen LogP contribution in [0.5, 0.6) is 0 Å². The van der Waals surface area contributed by atoms with Gasteiger partial charge in [0.15, 0.2) is 0 Å². The molecule has 1 amide bonds. The maximum absolute atomic E-state index is 13.1. The Labute approximate surface area is 165 Å². The van der Waals surface area contributed by atoms with Gasteiger partial charge >= 0.3 is 0 Å². The highest BCUT2D eigenvalue weighted by molar-refractivity contribution is 7.89. The topological polar surface area (TPSA) is 66.5 Å². The Bertz CT molecular complexity index is 890. The number of carbonyl (C=O) groups excluding carboxylic acids is 1.